The molecule has 4 heteroatoms. The summed E-state index contributed by atoms with van der Waals surface area (Å²) in [5, 5.41) is 12.4. The Hall–Kier alpha value is -1.55. The van der Waals surface area contributed by atoms with Crippen LogP contribution in [0, 0.1) is 6.92 Å². The van der Waals surface area contributed by atoms with Gasteiger partial charge in [-0.25, -0.2) is 0 Å². The summed E-state index contributed by atoms with van der Waals surface area (Å²) in [5.74, 6) is -0.745. The number of aryl methyl sites for hydroxylation is 1. The van der Waals surface area contributed by atoms with Crippen LogP contribution in [0.3, 0.4) is 0 Å². The van der Waals surface area contributed by atoms with Crippen LogP contribution in [-0.2, 0) is 4.79 Å². The van der Waals surface area contributed by atoms with Crippen LogP contribution in [0.2, 0.25) is 0 Å². The first-order valence-corrected chi connectivity index (χ1v) is 6.83. The highest BCUT2D eigenvalue weighted by Crippen LogP contribution is 2.21. The quantitative estimate of drug-likeness (QED) is 0.789. The number of benzene rings is 1. The van der Waals surface area contributed by atoms with Gasteiger partial charge in [0.1, 0.15) is 6.04 Å². The second-order valence-corrected chi connectivity index (χ2v) is 5.33. The molecule has 0 saturated heterocycles. The molecule has 1 aromatic carbocycles. The highest BCUT2D eigenvalue weighted by atomic mass is 16.4. The van der Waals surface area contributed by atoms with E-state index in [0.717, 1.165) is 25.1 Å². The van der Waals surface area contributed by atoms with Crippen molar-refractivity contribution in [2.45, 2.75) is 38.3 Å². The molecule has 2 N–H and O–H groups in total. The molecule has 1 fully saturated rings. The van der Waals surface area contributed by atoms with Crippen molar-refractivity contribution < 1.29 is 9.90 Å². The maximum atomic E-state index is 11.2. The van der Waals surface area contributed by atoms with Gasteiger partial charge in [-0.15, -0.1) is 0 Å². The fourth-order valence-electron chi connectivity index (χ4n) is 2.25. The molecule has 0 spiro atoms. The van der Waals surface area contributed by atoms with Gasteiger partial charge in [-0.3, -0.25) is 4.79 Å². The third-order valence-electron chi connectivity index (χ3n) is 3.59. The maximum Gasteiger partial charge on any atom is 0.320 e. The Morgan fingerprint density at radius 2 is 2.16 bits per heavy atom. The minimum atomic E-state index is -0.745. The fourth-order valence-corrected chi connectivity index (χ4v) is 2.25. The summed E-state index contributed by atoms with van der Waals surface area (Å²) in [7, 11) is 2.01. The van der Waals surface area contributed by atoms with Crippen LogP contribution in [0.1, 0.15) is 24.8 Å². The molecule has 1 aromatic rings. The van der Waals surface area contributed by atoms with E-state index in [2.05, 4.69) is 29.3 Å². The van der Waals surface area contributed by atoms with E-state index in [4.69, 9.17) is 0 Å². The van der Waals surface area contributed by atoms with Crippen LogP contribution in [0.4, 0.5) is 5.69 Å². The molecule has 1 atom stereocenters. The second kappa shape index (κ2) is 6.06. The number of nitrogens with zero attached hydrogens (tertiary/aromatic N) is 1. The van der Waals surface area contributed by atoms with Crippen LogP contribution < -0.4 is 10.2 Å². The zero-order valence-corrected chi connectivity index (χ0v) is 11.6. The summed E-state index contributed by atoms with van der Waals surface area (Å²) >= 11 is 0. The number of carboxylic acid groups (broad SMARTS) is 1. The predicted molar refractivity (Wildman–Crippen MR) is 76.6 cm³/mol. The Bertz CT molecular complexity index is 444. The lowest BCUT2D eigenvalue weighted by molar-refractivity contribution is -0.139. The third kappa shape index (κ3) is 3.96. The molecular formula is C15H22N2O2. The Balaban J connectivity index is 1.89. The van der Waals surface area contributed by atoms with E-state index in [-0.39, 0.29) is 0 Å². The molecule has 104 valence electrons. The number of carbonyl (C=O) groups is 1. The molecular weight excluding hydrogens is 240 g/mol. The van der Waals surface area contributed by atoms with Gasteiger partial charge in [-0.2, -0.15) is 0 Å². The molecule has 1 unspecified atom stereocenters. The number of aliphatic carboxylic acids is 1. The lowest BCUT2D eigenvalue weighted by Gasteiger charge is -2.23. The SMILES string of the molecule is Cc1ccccc1N(C)CCC(NC1CC1)C(=O)O. The van der Waals surface area contributed by atoms with Gasteiger partial charge in [-0.1, -0.05) is 18.2 Å². The molecule has 19 heavy (non-hydrogen) atoms. The van der Waals surface area contributed by atoms with Crippen LogP contribution >= 0.6 is 0 Å². The molecule has 1 saturated carbocycles. The van der Waals surface area contributed by atoms with Gasteiger partial charge in [0, 0.05) is 25.3 Å². The van der Waals surface area contributed by atoms with Crippen molar-refractivity contribution in [3.05, 3.63) is 29.8 Å². The third-order valence-corrected chi connectivity index (χ3v) is 3.59. The predicted octanol–water partition coefficient (Wildman–Crippen LogP) is 2.03. The van der Waals surface area contributed by atoms with Gasteiger partial charge in [0.05, 0.1) is 0 Å². The van der Waals surface area contributed by atoms with Crippen molar-refractivity contribution in [2.24, 2.45) is 0 Å². The summed E-state index contributed by atoms with van der Waals surface area (Å²) in [6.45, 7) is 2.81. The minimum Gasteiger partial charge on any atom is -0.480 e. The van der Waals surface area contributed by atoms with E-state index >= 15 is 0 Å². The molecule has 0 aliphatic heterocycles. The van der Waals surface area contributed by atoms with E-state index in [0.29, 0.717) is 12.5 Å². The van der Waals surface area contributed by atoms with E-state index in [1.165, 1.54) is 5.56 Å². The second-order valence-electron chi connectivity index (χ2n) is 5.33. The Morgan fingerprint density at radius 3 is 2.74 bits per heavy atom. The zero-order chi connectivity index (χ0) is 13.8. The van der Waals surface area contributed by atoms with Gasteiger partial charge in [0.15, 0.2) is 0 Å². The van der Waals surface area contributed by atoms with E-state index in [9.17, 15) is 9.90 Å². The monoisotopic (exact) mass is 262 g/mol. The summed E-state index contributed by atoms with van der Waals surface area (Å²) in [5.41, 5.74) is 2.38. The van der Waals surface area contributed by atoms with E-state index in [1.54, 1.807) is 0 Å². The van der Waals surface area contributed by atoms with Crippen molar-refractivity contribution >= 4 is 11.7 Å². The van der Waals surface area contributed by atoms with Crippen LogP contribution in [0.25, 0.3) is 0 Å². The summed E-state index contributed by atoms with van der Waals surface area (Å²) in [6, 6.07) is 8.16. The van der Waals surface area contributed by atoms with Crippen molar-refractivity contribution in [3.63, 3.8) is 0 Å². The van der Waals surface area contributed by atoms with E-state index < -0.39 is 12.0 Å². The van der Waals surface area contributed by atoms with Crippen molar-refractivity contribution in [2.75, 3.05) is 18.5 Å². The minimum absolute atomic E-state index is 0.421. The largest absolute Gasteiger partial charge is 0.480 e. The average molecular weight is 262 g/mol. The van der Waals surface area contributed by atoms with Crippen LogP contribution in [-0.4, -0.2) is 36.8 Å². The van der Waals surface area contributed by atoms with Gasteiger partial charge in [0.2, 0.25) is 0 Å². The lowest BCUT2D eigenvalue weighted by Crippen LogP contribution is -2.40. The molecule has 0 aromatic heterocycles. The van der Waals surface area contributed by atoms with Gasteiger partial charge < -0.3 is 15.3 Å². The standard InChI is InChI=1S/C15H22N2O2/c1-11-5-3-4-6-14(11)17(2)10-9-13(15(18)19)16-12-7-8-12/h3-6,12-13,16H,7-10H2,1-2H3,(H,18,19). The molecule has 0 amide bonds. The number of anilines is 1. The highest BCUT2D eigenvalue weighted by molar-refractivity contribution is 5.73. The molecule has 0 radical (unpaired) electrons. The molecule has 1 aliphatic carbocycles. The first-order valence-electron chi connectivity index (χ1n) is 6.83. The number of rotatable bonds is 7. The number of carboxylic acids is 1. The first-order chi connectivity index (χ1) is 9.08. The average Bonchev–Trinajstić information content (AvgIpc) is 3.18. The van der Waals surface area contributed by atoms with Crippen molar-refractivity contribution in [3.8, 4) is 0 Å². The summed E-state index contributed by atoms with van der Waals surface area (Å²) in [6.07, 6.45) is 2.84. The highest BCUT2D eigenvalue weighted by Gasteiger charge is 2.28. The molecule has 0 bridgehead atoms. The lowest BCUT2D eigenvalue weighted by atomic mass is 10.1. The smallest absolute Gasteiger partial charge is 0.320 e. The Labute approximate surface area is 114 Å². The Kier molecular flexibility index (Phi) is 4.43. The molecule has 0 heterocycles. The Morgan fingerprint density at radius 1 is 1.47 bits per heavy atom. The molecule has 2 rings (SSSR count). The van der Waals surface area contributed by atoms with Gasteiger partial charge in [0.25, 0.3) is 0 Å². The zero-order valence-electron chi connectivity index (χ0n) is 11.6. The van der Waals surface area contributed by atoms with Crippen LogP contribution in [0.5, 0.6) is 0 Å². The van der Waals surface area contributed by atoms with Crippen molar-refractivity contribution in [1.82, 2.24) is 5.32 Å². The molecule has 1 aliphatic rings. The fraction of sp³-hybridized carbons (Fsp3) is 0.533. The summed E-state index contributed by atoms with van der Waals surface area (Å²) < 4.78 is 0. The number of hydrogen-bond acceptors (Lipinski definition) is 3. The van der Waals surface area contributed by atoms with Crippen LogP contribution in [0.15, 0.2) is 24.3 Å². The number of para-hydroxylation sites is 1. The topological polar surface area (TPSA) is 52.6 Å². The maximum absolute atomic E-state index is 11.2. The van der Waals surface area contributed by atoms with Crippen molar-refractivity contribution in [1.29, 1.82) is 0 Å². The van der Waals surface area contributed by atoms with Gasteiger partial charge in [-0.05, 0) is 37.8 Å². The number of hydrogen-bond donors (Lipinski definition) is 2. The number of nitrogens with one attached hydrogen (secondary N) is 1. The van der Waals surface area contributed by atoms with Gasteiger partial charge >= 0.3 is 5.97 Å². The molecule has 4 nitrogen and oxygen atoms in total. The summed E-state index contributed by atoms with van der Waals surface area (Å²) in [4.78, 5) is 13.3. The normalized spacial score (nSPS) is 16.1. The van der Waals surface area contributed by atoms with E-state index in [1.807, 2.05) is 19.2 Å². The first kappa shape index (κ1) is 13.9.